The summed E-state index contributed by atoms with van der Waals surface area (Å²) in [5.74, 6) is 1.65. The van der Waals surface area contributed by atoms with Crippen molar-refractivity contribution < 1.29 is 9.53 Å². The van der Waals surface area contributed by atoms with Crippen LogP contribution in [0.5, 0.6) is 0 Å². The summed E-state index contributed by atoms with van der Waals surface area (Å²) in [4.78, 5) is 23.0. The van der Waals surface area contributed by atoms with Crippen LogP contribution < -0.4 is 10.6 Å². The van der Waals surface area contributed by atoms with E-state index in [4.69, 9.17) is 4.74 Å². The van der Waals surface area contributed by atoms with Gasteiger partial charge in [0.15, 0.2) is 0 Å². The Morgan fingerprint density at radius 1 is 1.28 bits per heavy atom. The van der Waals surface area contributed by atoms with Gasteiger partial charge in [0, 0.05) is 36.1 Å². The minimum absolute atomic E-state index is 0.151. The summed E-state index contributed by atoms with van der Waals surface area (Å²) < 4.78 is 5.49. The molecule has 0 saturated heterocycles. The van der Waals surface area contributed by atoms with Crippen molar-refractivity contribution in [2.24, 2.45) is 0 Å². The maximum absolute atomic E-state index is 12.3. The normalized spacial score (nSPS) is 18.2. The van der Waals surface area contributed by atoms with Gasteiger partial charge in [0.2, 0.25) is 0 Å². The fourth-order valence-electron chi connectivity index (χ4n) is 4.13. The SMILES string of the molecule is CC(C)(C)OC(=O)N1CC=C(C2Cc3c(Nc4ccc5cn[nH]c5c4)ncnc3N2)CC1. The second-order valence-electron chi connectivity index (χ2n) is 9.20. The molecule has 2 aromatic heterocycles. The van der Waals surface area contributed by atoms with E-state index < -0.39 is 5.60 Å². The first kappa shape index (κ1) is 20.3. The standard InChI is InChI=1S/C23H27N7O2/c1-23(2,3)32-22(31)30-8-6-14(7-9-30)18-11-17-20(24-13-25-21(17)28-18)27-16-5-4-15-12-26-29-19(15)10-16/h4-6,10,12-13,18H,7-9,11H2,1-3H3,(H,26,29)(H2,24,25,27,28). The molecule has 2 aliphatic rings. The number of H-pyrrole nitrogens is 1. The van der Waals surface area contributed by atoms with Crippen LogP contribution in [0.2, 0.25) is 0 Å². The van der Waals surface area contributed by atoms with E-state index >= 15 is 0 Å². The molecule has 1 aromatic carbocycles. The van der Waals surface area contributed by atoms with Crippen molar-refractivity contribution in [2.45, 2.75) is 45.3 Å². The molecule has 2 aliphatic heterocycles. The number of fused-ring (bicyclic) bond motifs is 2. The van der Waals surface area contributed by atoms with Crippen LogP contribution in [0.4, 0.5) is 22.1 Å². The van der Waals surface area contributed by atoms with E-state index in [0.29, 0.717) is 13.1 Å². The van der Waals surface area contributed by atoms with Crippen LogP contribution >= 0.6 is 0 Å². The highest BCUT2D eigenvalue weighted by molar-refractivity contribution is 5.83. The van der Waals surface area contributed by atoms with Gasteiger partial charge in [0.05, 0.1) is 17.8 Å². The summed E-state index contributed by atoms with van der Waals surface area (Å²) in [5.41, 5.74) is 3.78. The molecule has 3 aromatic rings. The number of hydrogen-bond acceptors (Lipinski definition) is 7. The van der Waals surface area contributed by atoms with Crippen LogP contribution in [0, 0.1) is 0 Å². The smallest absolute Gasteiger partial charge is 0.410 e. The van der Waals surface area contributed by atoms with E-state index in [1.54, 1.807) is 17.4 Å². The van der Waals surface area contributed by atoms with Crippen molar-refractivity contribution in [1.82, 2.24) is 25.1 Å². The maximum atomic E-state index is 12.3. The topological polar surface area (TPSA) is 108 Å². The van der Waals surface area contributed by atoms with Crippen molar-refractivity contribution in [2.75, 3.05) is 23.7 Å². The Morgan fingerprint density at radius 2 is 2.16 bits per heavy atom. The van der Waals surface area contributed by atoms with Crippen LogP contribution in [0.3, 0.4) is 0 Å². The predicted molar refractivity (Wildman–Crippen MR) is 123 cm³/mol. The number of benzene rings is 1. The molecule has 0 radical (unpaired) electrons. The number of hydrogen-bond donors (Lipinski definition) is 3. The molecule has 0 spiro atoms. The fourth-order valence-corrected chi connectivity index (χ4v) is 4.13. The fraction of sp³-hybridized carbons (Fsp3) is 0.391. The van der Waals surface area contributed by atoms with Gasteiger partial charge in [0.1, 0.15) is 23.6 Å². The molecule has 5 rings (SSSR count). The number of amides is 1. The average molecular weight is 434 g/mol. The van der Waals surface area contributed by atoms with Gasteiger partial charge in [-0.1, -0.05) is 6.08 Å². The minimum atomic E-state index is -0.486. The van der Waals surface area contributed by atoms with E-state index in [1.807, 2.05) is 39.0 Å². The van der Waals surface area contributed by atoms with Gasteiger partial charge < -0.3 is 20.3 Å². The van der Waals surface area contributed by atoms with Gasteiger partial charge in [-0.25, -0.2) is 14.8 Å². The molecule has 1 amide bonds. The minimum Gasteiger partial charge on any atom is -0.444 e. The number of nitrogens with zero attached hydrogens (tertiary/aromatic N) is 4. The van der Waals surface area contributed by atoms with Crippen molar-refractivity contribution >= 4 is 34.3 Å². The lowest BCUT2D eigenvalue weighted by Gasteiger charge is -2.31. The van der Waals surface area contributed by atoms with Gasteiger partial charge in [-0.15, -0.1) is 0 Å². The highest BCUT2D eigenvalue weighted by atomic mass is 16.6. The van der Waals surface area contributed by atoms with E-state index in [9.17, 15) is 4.79 Å². The van der Waals surface area contributed by atoms with Crippen molar-refractivity contribution in [1.29, 1.82) is 0 Å². The first-order valence-electron chi connectivity index (χ1n) is 10.8. The maximum Gasteiger partial charge on any atom is 0.410 e. The first-order chi connectivity index (χ1) is 15.4. The van der Waals surface area contributed by atoms with E-state index in [2.05, 4.69) is 36.9 Å². The molecule has 9 heteroatoms. The second-order valence-corrected chi connectivity index (χ2v) is 9.20. The second kappa shape index (κ2) is 7.81. The van der Waals surface area contributed by atoms with Crippen LogP contribution in [-0.2, 0) is 11.2 Å². The molecule has 1 atom stereocenters. The van der Waals surface area contributed by atoms with Crippen LogP contribution in [0.25, 0.3) is 10.9 Å². The summed E-state index contributed by atoms with van der Waals surface area (Å²) in [5, 5.41) is 15.1. The zero-order chi connectivity index (χ0) is 22.3. The van der Waals surface area contributed by atoms with E-state index in [0.717, 1.165) is 46.6 Å². The number of ether oxygens (including phenoxy) is 1. The largest absolute Gasteiger partial charge is 0.444 e. The Balaban J connectivity index is 1.28. The van der Waals surface area contributed by atoms with Gasteiger partial charge in [-0.3, -0.25) is 5.10 Å². The Labute approximate surface area is 186 Å². The Morgan fingerprint density at radius 3 is 2.94 bits per heavy atom. The molecule has 3 N–H and O–H groups in total. The number of aromatic amines is 1. The number of anilines is 3. The molecule has 166 valence electrons. The third kappa shape index (κ3) is 4.10. The summed E-state index contributed by atoms with van der Waals surface area (Å²) >= 11 is 0. The number of carbonyl (C=O) groups is 1. The summed E-state index contributed by atoms with van der Waals surface area (Å²) in [6, 6.07) is 6.21. The summed E-state index contributed by atoms with van der Waals surface area (Å²) in [6.45, 7) is 6.86. The Kier molecular flexibility index (Phi) is 4.96. The third-order valence-corrected chi connectivity index (χ3v) is 5.71. The van der Waals surface area contributed by atoms with Gasteiger partial charge >= 0.3 is 6.09 Å². The van der Waals surface area contributed by atoms with Crippen molar-refractivity contribution in [3.63, 3.8) is 0 Å². The number of rotatable bonds is 3. The van der Waals surface area contributed by atoms with Gasteiger partial charge in [0.25, 0.3) is 0 Å². The van der Waals surface area contributed by atoms with Crippen LogP contribution in [0.1, 0.15) is 32.8 Å². The Bertz CT molecular complexity index is 1190. The molecule has 4 heterocycles. The average Bonchev–Trinajstić information content (AvgIpc) is 3.40. The highest BCUT2D eigenvalue weighted by Crippen LogP contribution is 2.34. The lowest BCUT2D eigenvalue weighted by atomic mass is 9.97. The van der Waals surface area contributed by atoms with Crippen LogP contribution in [0.15, 0.2) is 42.4 Å². The van der Waals surface area contributed by atoms with Gasteiger partial charge in [-0.05, 0) is 51.0 Å². The monoisotopic (exact) mass is 433 g/mol. The molecule has 9 nitrogen and oxygen atoms in total. The van der Waals surface area contributed by atoms with E-state index in [-0.39, 0.29) is 12.1 Å². The molecule has 0 bridgehead atoms. The molecule has 32 heavy (non-hydrogen) atoms. The summed E-state index contributed by atoms with van der Waals surface area (Å²) in [6.07, 6.45) is 6.84. The zero-order valence-corrected chi connectivity index (χ0v) is 18.5. The first-order valence-corrected chi connectivity index (χ1v) is 10.8. The quantitative estimate of drug-likeness (QED) is 0.536. The highest BCUT2D eigenvalue weighted by Gasteiger charge is 2.31. The lowest BCUT2D eigenvalue weighted by Crippen LogP contribution is -2.40. The van der Waals surface area contributed by atoms with E-state index in [1.165, 1.54) is 5.57 Å². The van der Waals surface area contributed by atoms with Crippen molar-refractivity contribution in [3.05, 3.63) is 47.9 Å². The zero-order valence-electron chi connectivity index (χ0n) is 18.5. The molecular formula is C23H27N7O2. The lowest BCUT2D eigenvalue weighted by molar-refractivity contribution is 0.0265. The number of carbonyl (C=O) groups excluding carboxylic acids is 1. The van der Waals surface area contributed by atoms with Crippen LogP contribution in [-0.4, -0.2) is 55.9 Å². The Hall–Kier alpha value is -3.62. The number of aromatic nitrogens is 4. The predicted octanol–water partition coefficient (Wildman–Crippen LogP) is 4.00. The number of nitrogens with one attached hydrogen (secondary N) is 3. The van der Waals surface area contributed by atoms with Crippen molar-refractivity contribution in [3.8, 4) is 0 Å². The molecule has 0 saturated carbocycles. The third-order valence-electron chi connectivity index (χ3n) is 5.71. The molecule has 1 unspecified atom stereocenters. The molecular weight excluding hydrogens is 406 g/mol. The summed E-state index contributed by atoms with van der Waals surface area (Å²) in [7, 11) is 0. The van der Waals surface area contributed by atoms with Gasteiger partial charge in [-0.2, -0.15) is 5.10 Å². The molecule has 0 aliphatic carbocycles. The molecule has 0 fully saturated rings.